The number of esters is 1. The number of aryl methyl sites for hydroxylation is 2. The van der Waals surface area contributed by atoms with Crippen LogP contribution < -0.4 is 9.47 Å². The second-order valence-electron chi connectivity index (χ2n) is 4.72. The third-order valence-corrected chi connectivity index (χ3v) is 3.15. The first-order valence-corrected chi connectivity index (χ1v) is 6.71. The van der Waals surface area contributed by atoms with Crippen LogP contribution in [0.5, 0.6) is 11.5 Å². The molecule has 0 aliphatic rings. The summed E-state index contributed by atoms with van der Waals surface area (Å²) >= 11 is 0. The Morgan fingerprint density at radius 3 is 2.33 bits per heavy atom. The maximum Gasteiger partial charge on any atom is 0.336 e. The first-order valence-electron chi connectivity index (χ1n) is 6.71. The second kappa shape index (κ2) is 6.75. The number of carbonyl (C=O) groups excluding carboxylic acids is 1. The van der Waals surface area contributed by atoms with Gasteiger partial charge in [-0.05, 0) is 37.1 Å². The molecule has 0 saturated carbocycles. The van der Waals surface area contributed by atoms with E-state index in [4.69, 9.17) is 9.47 Å². The lowest BCUT2D eigenvalue weighted by atomic mass is 10.1. The van der Waals surface area contributed by atoms with E-state index in [1.807, 2.05) is 56.3 Å². The molecule has 0 fully saturated rings. The molecule has 0 unspecified atom stereocenters. The zero-order valence-corrected chi connectivity index (χ0v) is 12.4. The van der Waals surface area contributed by atoms with Gasteiger partial charge in [-0.1, -0.05) is 36.4 Å². The zero-order valence-electron chi connectivity index (χ0n) is 12.4. The highest BCUT2D eigenvalue weighted by molar-refractivity contribution is 5.89. The van der Waals surface area contributed by atoms with Crippen molar-refractivity contribution in [3.63, 3.8) is 0 Å². The second-order valence-corrected chi connectivity index (χ2v) is 4.72. The molecule has 2 aromatic carbocycles. The molecule has 0 heterocycles. The molecule has 0 aromatic heterocycles. The Balaban J connectivity index is 2.13. The summed E-state index contributed by atoms with van der Waals surface area (Å²) in [5.41, 5.74) is 2.71. The third kappa shape index (κ3) is 3.72. The first-order chi connectivity index (χ1) is 10.1. The Hall–Kier alpha value is -2.55. The minimum atomic E-state index is -0.404. The molecule has 0 atom stereocenters. The Morgan fingerprint density at radius 1 is 1.00 bits per heavy atom. The van der Waals surface area contributed by atoms with E-state index in [0.29, 0.717) is 11.5 Å². The molecule has 3 heteroatoms. The van der Waals surface area contributed by atoms with Crippen molar-refractivity contribution in [1.82, 2.24) is 0 Å². The molecule has 0 amide bonds. The average Bonchev–Trinajstić information content (AvgIpc) is 2.49. The molecule has 0 aliphatic heterocycles. The first kappa shape index (κ1) is 14.9. The van der Waals surface area contributed by atoms with E-state index >= 15 is 0 Å². The summed E-state index contributed by atoms with van der Waals surface area (Å²) in [5.74, 6) is 0.930. The topological polar surface area (TPSA) is 35.5 Å². The van der Waals surface area contributed by atoms with E-state index in [1.165, 1.54) is 6.08 Å². The van der Waals surface area contributed by atoms with Crippen molar-refractivity contribution >= 4 is 12.0 Å². The molecule has 0 N–H and O–H groups in total. The van der Waals surface area contributed by atoms with E-state index in [2.05, 4.69) is 0 Å². The lowest BCUT2D eigenvalue weighted by Crippen LogP contribution is -2.06. The number of benzene rings is 2. The molecule has 0 radical (unpaired) electrons. The van der Waals surface area contributed by atoms with Crippen molar-refractivity contribution in [3.05, 3.63) is 65.2 Å². The number of para-hydroxylation sites is 2. The van der Waals surface area contributed by atoms with Crippen molar-refractivity contribution in [3.8, 4) is 11.5 Å². The summed E-state index contributed by atoms with van der Waals surface area (Å²) in [6.07, 6.45) is 3.10. The number of carbonyl (C=O) groups is 1. The van der Waals surface area contributed by atoms with Crippen LogP contribution in [0.3, 0.4) is 0 Å². The van der Waals surface area contributed by atoms with Crippen molar-refractivity contribution in [2.45, 2.75) is 13.8 Å². The van der Waals surface area contributed by atoms with Crippen LogP contribution in [0.2, 0.25) is 0 Å². The standard InChI is InChI=1S/C18H18O3/c1-13-7-6-8-14(2)18(13)21-17(19)12-11-15-9-4-5-10-16(15)20-3/h4-12H,1-3H3/b12-11+. The smallest absolute Gasteiger partial charge is 0.336 e. The van der Waals surface area contributed by atoms with Gasteiger partial charge in [0.2, 0.25) is 0 Å². The fourth-order valence-corrected chi connectivity index (χ4v) is 2.06. The van der Waals surface area contributed by atoms with Gasteiger partial charge in [-0.3, -0.25) is 0 Å². The molecule has 0 aliphatic carbocycles. The fraction of sp³-hybridized carbons (Fsp3) is 0.167. The largest absolute Gasteiger partial charge is 0.496 e. The van der Waals surface area contributed by atoms with Crippen LogP contribution in [0.4, 0.5) is 0 Å². The number of hydrogen-bond donors (Lipinski definition) is 0. The van der Waals surface area contributed by atoms with E-state index in [0.717, 1.165) is 16.7 Å². The summed E-state index contributed by atoms with van der Waals surface area (Å²) in [4.78, 5) is 11.9. The quantitative estimate of drug-likeness (QED) is 0.484. The maximum atomic E-state index is 11.9. The lowest BCUT2D eigenvalue weighted by molar-refractivity contribution is -0.129. The van der Waals surface area contributed by atoms with Crippen LogP contribution in [-0.2, 0) is 4.79 Å². The van der Waals surface area contributed by atoms with Crippen LogP contribution in [0.25, 0.3) is 6.08 Å². The highest BCUT2D eigenvalue weighted by Crippen LogP contribution is 2.23. The molecule has 3 nitrogen and oxygen atoms in total. The highest BCUT2D eigenvalue weighted by atomic mass is 16.5. The van der Waals surface area contributed by atoms with Crippen LogP contribution in [0.1, 0.15) is 16.7 Å². The van der Waals surface area contributed by atoms with Crippen molar-refractivity contribution < 1.29 is 14.3 Å². The number of ether oxygens (including phenoxy) is 2. The van der Waals surface area contributed by atoms with Gasteiger partial charge in [0.1, 0.15) is 11.5 Å². The zero-order chi connectivity index (χ0) is 15.2. The summed E-state index contributed by atoms with van der Waals surface area (Å²) < 4.78 is 10.6. The van der Waals surface area contributed by atoms with Gasteiger partial charge >= 0.3 is 5.97 Å². The molecule has 2 aromatic rings. The van der Waals surface area contributed by atoms with Crippen molar-refractivity contribution in [2.24, 2.45) is 0 Å². The third-order valence-electron chi connectivity index (χ3n) is 3.15. The van der Waals surface area contributed by atoms with Gasteiger partial charge in [-0.15, -0.1) is 0 Å². The van der Waals surface area contributed by atoms with Crippen LogP contribution >= 0.6 is 0 Å². The predicted molar refractivity (Wildman–Crippen MR) is 83.6 cm³/mol. The van der Waals surface area contributed by atoms with Crippen LogP contribution in [0, 0.1) is 13.8 Å². The molecule has 108 valence electrons. The minimum Gasteiger partial charge on any atom is -0.496 e. The fourth-order valence-electron chi connectivity index (χ4n) is 2.06. The van der Waals surface area contributed by atoms with Crippen molar-refractivity contribution in [1.29, 1.82) is 0 Å². The molecule has 0 saturated heterocycles. The molecule has 0 bridgehead atoms. The normalized spacial score (nSPS) is 10.6. The Bertz CT molecular complexity index is 652. The van der Waals surface area contributed by atoms with Gasteiger partial charge in [-0.2, -0.15) is 0 Å². The number of hydrogen-bond acceptors (Lipinski definition) is 3. The Kier molecular flexibility index (Phi) is 4.77. The Labute approximate surface area is 124 Å². The summed E-state index contributed by atoms with van der Waals surface area (Å²) in [6.45, 7) is 3.83. The van der Waals surface area contributed by atoms with Gasteiger partial charge in [-0.25, -0.2) is 4.79 Å². The van der Waals surface area contributed by atoms with E-state index in [9.17, 15) is 4.79 Å². The SMILES string of the molecule is COc1ccccc1/C=C/C(=O)Oc1c(C)cccc1C. The number of methoxy groups -OCH3 is 1. The van der Waals surface area contributed by atoms with Gasteiger partial charge in [0.15, 0.2) is 0 Å². The van der Waals surface area contributed by atoms with Gasteiger partial charge in [0.25, 0.3) is 0 Å². The molecular weight excluding hydrogens is 264 g/mol. The molecule has 21 heavy (non-hydrogen) atoms. The van der Waals surface area contributed by atoms with Crippen molar-refractivity contribution in [2.75, 3.05) is 7.11 Å². The monoisotopic (exact) mass is 282 g/mol. The molecule has 0 spiro atoms. The number of rotatable bonds is 4. The molecular formula is C18H18O3. The van der Waals surface area contributed by atoms with Gasteiger partial charge in [0, 0.05) is 11.6 Å². The average molecular weight is 282 g/mol. The minimum absolute atomic E-state index is 0.404. The maximum absolute atomic E-state index is 11.9. The molecule has 2 rings (SSSR count). The lowest BCUT2D eigenvalue weighted by Gasteiger charge is -2.08. The van der Waals surface area contributed by atoms with Gasteiger partial charge < -0.3 is 9.47 Å². The van der Waals surface area contributed by atoms with Crippen LogP contribution in [-0.4, -0.2) is 13.1 Å². The van der Waals surface area contributed by atoms with Crippen LogP contribution in [0.15, 0.2) is 48.5 Å². The van der Waals surface area contributed by atoms with E-state index in [1.54, 1.807) is 13.2 Å². The van der Waals surface area contributed by atoms with E-state index < -0.39 is 5.97 Å². The summed E-state index contributed by atoms with van der Waals surface area (Å²) in [7, 11) is 1.60. The summed E-state index contributed by atoms with van der Waals surface area (Å²) in [5, 5.41) is 0. The summed E-state index contributed by atoms with van der Waals surface area (Å²) in [6, 6.07) is 13.3. The Morgan fingerprint density at radius 2 is 1.67 bits per heavy atom. The van der Waals surface area contributed by atoms with Gasteiger partial charge in [0.05, 0.1) is 7.11 Å². The predicted octanol–water partition coefficient (Wildman–Crippen LogP) is 3.93. The highest BCUT2D eigenvalue weighted by Gasteiger charge is 2.07. The van der Waals surface area contributed by atoms with E-state index in [-0.39, 0.29) is 0 Å².